The predicted octanol–water partition coefficient (Wildman–Crippen LogP) is 4.96. The molecular weight excluding hydrogens is 334 g/mol. The summed E-state index contributed by atoms with van der Waals surface area (Å²) >= 11 is 9.80. The summed E-state index contributed by atoms with van der Waals surface area (Å²) in [5.74, 6) is 0.430. The molecule has 0 heterocycles. The zero-order valence-corrected chi connectivity index (χ0v) is 14.1. The molecule has 0 bridgehead atoms. The van der Waals surface area contributed by atoms with Gasteiger partial charge in [-0.1, -0.05) is 57.9 Å². The van der Waals surface area contributed by atoms with Gasteiger partial charge in [0.15, 0.2) is 0 Å². The van der Waals surface area contributed by atoms with Crippen LogP contribution in [0.25, 0.3) is 0 Å². The molecule has 0 radical (unpaired) electrons. The maximum atomic E-state index is 6.35. The van der Waals surface area contributed by atoms with Crippen molar-refractivity contribution in [1.82, 2.24) is 5.32 Å². The molecule has 0 spiro atoms. The molecule has 106 valence electrons. The van der Waals surface area contributed by atoms with Crippen molar-refractivity contribution in [3.63, 3.8) is 0 Å². The van der Waals surface area contributed by atoms with E-state index in [1.54, 1.807) is 0 Å². The van der Waals surface area contributed by atoms with Gasteiger partial charge in [0.1, 0.15) is 0 Å². The Labute approximate surface area is 134 Å². The maximum absolute atomic E-state index is 6.35. The van der Waals surface area contributed by atoms with Gasteiger partial charge in [0.05, 0.1) is 0 Å². The van der Waals surface area contributed by atoms with Crippen molar-refractivity contribution in [2.75, 3.05) is 13.6 Å². The lowest BCUT2D eigenvalue weighted by Crippen LogP contribution is -2.20. The Morgan fingerprint density at radius 2 is 1.95 bits per heavy atom. The number of rotatable bonds is 5. The highest BCUT2D eigenvalue weighted by molar-refractivity contribution is 9.10. The van der Waals surface area contributed by atoms with Gasteiger partial charge in [-0.05, 0) is 49.2 Å². The molecule has 0 amide bonds. The SMILES string of the molecule is CNCC(Cc1ccc(Br)cc1Cl)c1ccccc1C. The van der Waals surface area contributed by atoms with Crippen molar-refractivity contribution in [3.8, 4) is 0 Å². The predicted molar refractivity (Wildman–Crippen MR) is 90.7 cm³/mol. The van der Waals surface area contributed by atoms with Gasteiger partial charge >= 0.3 is 0 Å². The first-order valence-corrected chi connectivity index (χ1v) is 7.93. The summed E-state index contributed by atoms with van der Waals surface area (Å²) in [7, 11) is 1.99. The van der Waals surface area contributed by atoms with Gasteiger partial charge < -0.3 is 5.32 Å². The Balaban J connectivity index is 2.28. The standard InChI is InChI=1S/C17H19BrClN/c1-12-5-3-4-6-16(12)14(11-20-2)9-13-7-8-15(18)10-17(13)19/h3-8,10,14,20H,9,11H2,1-2H3. The zero-order chi connectivity index (χ0) is 14.5. The molecule has 2 aromatic carbocycles. The second-order valence-electron chi connectivity index (χ2n) is 5.05. The molecule has 1 nitrogen and oxygen atoms in total. The van der Waals surface area contributed by atoms with Crippen LogP contribution in [-0.2, 0) is 6.42 Å². The quantitative estimate of drug-likeness (QED) is 0.802. The van der Waals surface area contributed by atoms with Crippen molar-refractivity contribution in [1.29, 1.82) is 0 Å². The largest absolute Gasteiger partial charge is 0.319 e. The molecule has 0 saturated heterocycles. The lowest BCUT2D eigenvalue weighted by Gasteiger charge is -2.20. The van der Waals surface area contributed by atoms with E-state index in [-0.39, 0.29) is 0 Å². The Morgan fingerprint density at radius 3 is 2.60 bits per heavy atom. The van der Waals surface area contributed by atoms with Crippen LogP contribution in [0.4, 0.5) is 0 Å². The number of nitrogens with one attached hydrogen (secondary N) is 1. The summed E-state index contributed by atoms with van der Waals surface area (Å²) in [6.07, 6.45) is 0.942. The van der Waals surface area contributed by atoms with Crippen molar-refractivity contribution in [2.24, 2.45) is 0 Å². The normalized spacial score (nSPS) is 12.4. The first-order chi connectivity index (χ1) is 9.61. The average molecular weight is 353 g/mol. The molecule has 20 heavy (non-hydrogen) atoms. The number of benzene rings is 2. The third kappa shape index (κ3) is 3.85. The van der Waals surface area contributed by atoms with Gasteiger partial charge in [-0.15, -0.1) is 0 Å². The minimum absolute atomic E-state index is 0.430. The van der Waals surface area contributed by atoms with E-state index in [0.717, 1.165) is 22.5 Å². The molecule has 3 heteroatoms. The van der Waals surface area contributed by atoms with Crippen LogP contribution in [0, 0.1) is 6.92 Å². The highest BCUT2D eigenvalue weighted by Crippen LogP contribution is 2.28. The summed E-state index contributed by atoms with van der Waals surface area (Å²) < 4.78 is 1.02. The van der Waals surface area contributed by atoms with Gasteiger partial charge in [-0.3, -0.25) is 0 Å². The van der Waals surface area contributed by atoms with Crippen LogP contribution in [0.15, 0.2) is 46.9 Å². The number of hydrogen-bond acceptors (Lipinski definition) is 1. The zero-order valence-electron chi connectivity index (χ0n) is 11.8. The first-order valence-electron chi connectivity index (χ1n) is 6.76. The monoisotopic (exact) mass is 351 g/mol. The van der Waals surface area contributed by atoms with Crippen LogP contribution in [0.1, 0.15) is 22.6 Å². The first kappa shape index (κ1) is 15.6. The van der Waals surface area contributed by atoms with E-state index in [1.165, 1.54) is 16.7 Å². The molecule has 0 saturated carbocycles. The highest BCUT2D eigenvalue weighted by Gasteiger charge is 2.15. The van der Waals surface area contributed by atoms with Crippen LogP contribution in [0.2, 0.25) is 5.02 Å². The summed E-state index contributed by atoms with van der Waals surface area (Å²) in [5, 5.41) is 4.12. The van der Waals surface area contributed by atoms with Crippen LogP contribution in [0.3, 0.4) is 0 Å². The van der Waals surface area contributed by atoms with E-state index in [4.69, 9.17) is 11.6 Å². The summed E-state index contributed by atoms with van der Waals surface area (Å²) in [4.78, 5) is 0. The maximum Gasteiger partial charge on any atom is 0.0449 e. The van der Waals surface area contributed by atoms with Gasteiger partial charge in [-0.2, -0.15) is 0 Å². The van der Waals surface area contributed by atoms with Crippen LogP contribution in [-0.4, -0.2) is 13.6 Å². The highest BCUT2D eigenvalue weighted by atomic mass is 79.9. The minimum Gasteiger partial charge on any atom is -0.319 e. The Bertz CT molecular complexity index is 583. The molecule has 1 unspecified atom stereocenters. The van der Waals surface area contributed by atoms with Gasteiger partial charge in [0.2, 0.25) is 0 Å². The Hall–Kier alpha value is -0.830. The molecule has 0 fully saturated rings. The Morgan fingerprint density at radius 1 is 1.20 bits per heavy atom. The summed E-state index contributed by atoms with van der Waals surface area (Å²) in [5.41, 5.74) is 3.92. The van der Waals surface area contributed by atoms with Crippen molar-refractivity contribution in [2.45, 2.75) is 19.3 Å². The number of likely N-dealkylation sites (N-methyl/N-ethyl adjacent to an activating group) is 1. The number of hydrogen-bond donors (Lipinski definition) is 1. The molecular formula is C17H19BrClN. The average Bonchev–Trinajstić information content (AvgIpc) is 2.42. The minimum atomic E-state index is 0.430. The molecule has 0 aliphatic carbocycles. The third-order valence-corrected chi connectivity index (χ3v) is 4.41. The lowest BCUT2D eigenvalue weighted by molar-refractivity contribution is 0.623. The fraction of sp³-hybridized carbons (Fsp3) is 0.294. The molecule has 0 aliphatic heterocycles. The second kappa shape index (κ2) is 7.26. The van der Waals surface area contributed by atoms with E-state index in [0.29, 0.717) is 5.92 Å². The van der Waals surface area contributed by atoms with Gasteiger partial charge in [-0.25, -0.2) is 0 Å². The number of halogens is 2. The molecule has 1 atom stereocenters. The van der Waals surface area contributed by atoms with Crippen LogP contribution < -0.4 is 5.32 Å². The van der Waals surface area contributed by atoms with Crippen molar-refractivity contribution in [3.05, 3.63) is 68.7 Å². The lowest BCUT2D eigenvalue weighted by atomic mass is 9.89. The van der Waals surface area contributed by atoms with E-state index < -0.39 is 0 Å². The molecule has 2 rings (SSSR count). The topological polar surface area (TPSA) is 12.0 Å². The fourth-order valence-corrected chi connectivity index (χ4v) is 3.29. The van der Waals surface area contributed by atoms with E-state index in [2.05, 4.69) is 64.6 Å². The molecule has 0 aromatic heterocycles. The smallest absolute Gasteiger partial charge is 0.0449 e. The second-order valence-corrected chi connectivity index (χ2v) is 6.37. The van der Waals surface area contributed by atoms with E-state index in [1.807, 2.05) is 13.1 Å². The number of aryl methyl sites for hydroxylation is 1. The van der Waals surface area contributed by atoms with E-state index >= 15 is 0 Å². The van der Waals surface area contributed by atoms with Crippen molar-refractivity contribution < 1.29 is 0 Å². The van der Waals surface area contributed by atoms with Crippen molar-refractivity contribution >= 4 is 27.5 Å². The van der Waals surface area contributed by atoms with Crippen LogP contribution >= 0.6 is 27.5 Å². The molecule has 1 N–H and O–H groups in total. The summed E-state index contributed by atoms with van der Waals surface area (Å²) in [6, 6.07) is 14.7. The van der Waals surface area contributed by atoms with Gasteiger partial charge in [0.25, 0.3) is 0 Å². The summed E-state index contributed by atoms with van der Waals surface area (Å²) in [6.45, 7) is 3.11. The van der Waals surface area contributed by atoms with Gasteiger partial charge in [0, 0.05) is 22.0 Å². The molecule has 2 aromatic rings. The Kier molecular flexibility index (Phi) is 5.64. The fourth-order valence-electron chi connectivity index (χ4n) is 2.54. The van der Waals surface area contributed by atoms with E-state index in [9.17, 15) is 0 Å². The van der Waals surface area contributed by atoms with Crippen LogP contribution in [0.5, 0.6) is 0 Å². The molecule has 0 aliphatic rings. The third-order valence-electron chi connectivity index (χ3n) is 3.56.